The van der Waals surface area contributed by atoms with Crippen LogP contribution in [0.1, 0.15) is 31.7 Å². The van der Waals surface area contributed by atoms with Crippen molar-refractivity contribution in [3.05, 3.63) is 36.0 Å². The Kier molecular flexibility index (Phi) is 3.18. The monoisotopic (exact) mass is 230 g/mol. The lowest BCUT2D eigenvalue weighted by Gasteiger charge is -2.21. The van der Waals surface area contributed by atoms with E-state index in [9.17, 15) is 9.90 Å². The number of aliphatic carboxylic acids is 1. The van der Waals surface area contributed by atoms with E-state index < -0.39 is 5.97 Å². The molecule has 0 aliphatic rings. The van der Waals surface area contributed by atoms with Crippen LogP contribution in [0.5, 0.6) is 0 Å². The van der Waals surface area contributed by atoms with E-state index >= 15 is 0 Å². The largest absolute Gasteiger partial charge is 0.550 e. The molecule has 1 aromatic carbocycles. The Morgan fingerprint density at radius 3 is 2.71 bits per heavy atom. The number of carbonyl (C=O) groups excluding carboxylic acids is 1. The summed E-state index contributed by atoms with van der Waals surface area (Å²) in [4.78, 5) is 14.0. The lowest BCUT2D eigenvalue weighted by molar-refractivity contribution is -0.306. The Morgan fingerprint density at radius 2 is 2.06 bits per heavy atom. The van der Waals surface area contributed by atoms with Crippen LogP contribution in [0.4, 0.5) is 0 Å². The maximum absolute atomic E-state index is 10.8. The van der Waals surface area contributed by atoms with Gasteiger partial charge in [0.15, 0.2) is 0 Å². The molecule has 0 spiro atoms. The number of carbonyl (C=O) groups is 1. The van der Waals surface area contributed by atoms with Crippen LogP contribution in [0.2, 0.25) is 0 Å². The van der Waals surface area contributed by atoms with Crippen LogP contribution < -0.4 is 5.11 Å². The molecule has 0 fully saturated rings. The molecule has 0 unspecified atom stereocenters. The van der Waals surface area contributed by atoms with Gasteiger partial charge in [0.25, 0.3) is 0 Å². The van der Waals surface area contributed by atoms with Crippen molar-refractivity contribution in [2.24, 2.45) is 5.92 Å². The van der Waals surface area contributed by atoms with Gasteiger partial charge in [0.05, 0.1) is 0 Å². The van der Waals surface area contributed by atoms with Crippen molar-refractivity contribution in [2.45, 2.75) is 26.2 Å². The van der Waals surface area contributed by atoms with Crippen LogP contribution in [0, 0.1) is 5.92 Å². The summed E-state index contributed by atoms with van der Waals surface area (Å²) in [5.41, 5.74) is 2.12. The predicted octanol–water partition coefficient (Wildman–Crippen LogP) is 2.05. The van der Waals surface area contributed by atoms with Crippen molar-refractivity contribution in [3.63, 3.8) is 0 Å². The van der Waals surface area contributed by atoms with Gasteiger partial charge in [0, 0.05) is 23.1 Å². The normalized spacial score (nSPS) is 13.1. The zero-order valence-corrected chi connectivity index (χ0v) is 10.1. The molecule has 90 valence electrons. The van der Waals surface area contributed by atoms with E-state index in [1.54, 1.807) is 0 Å². The highest BCUT2D eigenvalue weighted by molar-refractivity contribution is 5.84. The summed E-state index contributed by atoms with van der Waals surface area (Å²) < 4.78 is 0. The highest BCUT2D eigenvalue weighted by Crippen LogP contribution is 2.32. The summed E-state index contributed by atoms with van der Waals surface area (Å²) in [5, 5.41) is 11.9. The molecule has 1 heterocycles. The molecule has 0 amide bonds. The minimum Gasteiger partial charge on any atom is -0.550 e. The number of carboxylic acid groups (broad SMARTS) is 1. The SMILES string of the molecule is CC(C)[C@@H](CC(=O)[O-])c1c[nH]c2ccccc12. The van der Waals surface area contributed by atoms with E-state index in [1.165, 1.54) is 0 Å². The van der Waals surface area contributed by atoms with Crippen LogP contribution in [-0.2, 0) is 4.79 Å². The van der Waals surface area contributed by atoms with Crippen molar-refractivity contribution < 1.29 is 9.90 Å². The molecule has 2 rings (SSSR count). The smallest absolute Gasteiger partial charge is 0.0456 e. The standard InChI is InChI=1S/C14H17NO2/c1-9(2)11(7-14(16)17)12-8-15-13-6-4-3-5-10(12)13/h3-6,8-9,11,15H,7H2,1-2H3,(H,16,17)/p-1/t11-/m1/s1. The minimum atomic E-state index is -0.992. The number of fused-ring (bicyclic) bond motifs is 1. The number of hydrogen-bond donors (Lipinski definition) is 1. The Balaban J connectivity index is 2.45. The first-order valence-electron chi connectivity index (χ1n) is 5.85. The fourth-order valence-electron chi connectivity index (χ4n) is 2.29. The van der Waals surface area contributed by atoms with Crippen LogP contribution >= 0.6 is 0 Å². The fraction of sp³-hybridized carbons (Fsp3) is 0.357. The minimum absolute atomic E-state index is 0.00356. The molecular weight excluding hydrogens is 214 g/mol. The van der Waals surface area contributed by atoms with E-state index in [1.807, 2.05) is 44.3 Å². The summed E-state index contributed by atoms with van der Waals surface area (Å²) in [7, 11) is 0. The molecule has 17 heavy (non-hydrogen) atoms. The maximum atomic E-state index is 10.8. The van der Waals surface area contributed by atoms with Gasteiger partial charge in [-0.3, -0.25) is 0 Å². The first-order valence-corrected chi connectivity index (χ1v) is 5.85. The predicted molar refractivity (Wildman–Crippen MR) is 65.5 cm³/mol. The second-order valence-electron chi connectivity index (χ2n) is 4.72. The zero-order valence-electron chi connectivity index (χ0n) is 10.1. The Morgan fingerprint density at radius 1 is 1.35 bits per heavy atom. The zero-order chi connectivity index (χ0) is 12.4. The number of benzene rings is 1. The third-order valence-corrected chi connectivity index (χ3v) is 3.21. The first kappa shape index (κ1) is 11.7. The lowest BCUT2D eigenvalue weighted by atomic mass is 9.85. The number of rotatable bonds is 4. The number of para-hydroxylation sites is 1. The van der Waals surface area contributed by atoms with Gasteiger partial charge in [0.2, 0.25) is 0 Å². The summed E-state index contributed by atoms with van der Waals surface area (Å²) in [6, 6.07) is 7.95. The van der Waals surface area contributed by atoms with Gasteiger partial charge >= 0.3 is 0 Å². The van der Waals surface area contributed by atoms with Crippen molar-refractivity contribution in [1.82, 2.24) is 4.98 Å². The third-order valence-electron chi connectivity index (χ3n) is 3.21. The van der Waals surface area contributed by atoms with Gasteiger partial charge in [-0.25, -0.2) is 0 Å². The molecule has 0 saturated carbocycles. The molecule has 0 bridgehead atoms. The summed E-state index contributed by atoms with van der Waals surface area (Å²) >= 11 is 0. The van der Waals surface area contributed by atoms with Gasteiger partial charge in [0.1, 0.15) is 0 Å². The van der Waals surface area contributed by atoms with Gasteiger partial charge in [-0.15, -0.1) is 0 Å². The highest BCUT2D eigenvalue weighted by atomic mass is 16.4. The van der Waals surface area contributed by atoms with E-state index in [0.29, 0.717) is 0 Å². The van der Waals surface area contributed by atoms with Crippen LogP contribution in [0.15, 0.2) is 30.5 Å². The van der Waals surface area contributed by atoms with E-state index in [-0.39, 0.29) is 18.3 Å². The Bertz CT molecular complexity index is 528. The van der Waals surface area contributed by atoms with Crippen LogP contribution in [0.3, 0.4) is 0 Å². The average Bonchev–Trinajstić information content (AvgIpc) is 2.69. The third kappa shape index (κ3) is 2.33. The maximum Gasteiger partial charge on any atom is 0.0456 e. The topological polar surface area (TPSA) is 55.9 Å². The van der Waals surface area contributed by atoms with Crippen LogP contribution in [0.25, 0.3) is 10.9 Å². The number of hydrogen-bond acceptors (Lipinski definition) is 2. The first-order chi connectivity index (χ1) is 8.09. The van der Waals surface area contributed by atoms with Gasteiger partial charge < -0.3 is 14.9 Å². The molecule has 1 atom stereocenters. The highest BCUT2D eigenvalue weighted by Gasteiger charge is 2.19. The second kappa shape index (κ2) is 4.62. The molecule has 1 N–H and O–H groups in total. The number of carboxylic acids is 1. The van der Waals surface area contributed by atoms with E-state index in [0.717, 1.165) is 16.5 Å². The van der Waals surface area contributed by atoms with Crippen molar-refractivity contribution in [2.75, 3.05) is 0 Å². The molecule has 2 aromatic rings. The lowest BCUT2D eigenvalue weighted by Crippen LogP contribution is -2.26. The fourth-order valence-corrected chi connectivity index (χ4v) is 2.29. The summed E-state index contributed by atoms with van der Waals surface area (Å²) in [5.74, 6) is -0.725. The Labute approximate surface area is 100 Å². The van der Waals surface area contributed by atoms with Crippen LogP contribution in [-0.4, -0.2) is 11.0 Å². The molecular formula is C14H16NO2-. The molecule has 3 nitrogen and oxygen atoms in total. The van der Waals surface area contributed by atoms with Gasteiger partial charge in [-0.05, 0) is 29.9 Å². The van der Waals surface area contributed by atoms with Crippen molar-refractivity contribution >= 4 is 16.9 Å². The van der Waals surface area contributed by atoms with Crippen molar-refractivity contribution in [1.29, 1.82) is 0 Å². The molecule has 0 aliphatic heterocycles. The average molecular weight is 230 g/mol. The number of nitrogens with one attached hydrogen (secondary N) is 1. The number of aromatic nitrogens is 1. The summed E-state index contributed by atoms with van der Waals surface area (Å²) in [6.07, 6.45) is 1.98. The van der Waals surface area contributed by atoms with E-state index in [2.05, 4.69) is 4.98 Å². The summed E-state index contributed by atoms with van der Waals surface area (Å²) in [6.45, 7) is 4.07. The molecule has 0 aliphatic carbocycles. The van der Waals surface area contributed by atoms with Crippen molar-refractivity contribution in [3.8, 4) is 0 Å². The Hall–Kier alpha value is -1.77. The number of H-pyrrole nitrogens is 1. The number of aromatic amines is 1. The van der Waals surface area contributed by atoms with E-state index in [4.69, 9.17) is 0 Å². The molecule has 3 heteroatoms. The van der Waals surface area contributed by atoms with Gasteiger partial charge in [-0.1, -0.05) is 32.0 Å². The second-order valence-corrected chi connectivity index (χ2v) is 4.72. The molecule has 0 radical (unpaired) electrons. The quantitative estimate of drug-likeness (QED) is 0.873. The molecule has 1 aromatic heterocycles. The molecule has 0 saturated heterocycles. The van der Waals surface area contributed by atoms with Gasteiger partial charge in [-0.2, -0.15) is 0 Å².